The second kappa shape index (κ2) is 6.62. The van der Waals surface area contributed by atoms with Crippen molar-refractivity contribution in [3.8, 4) is 0 Å². The van der Waals surface area contributed by atoms with Gasteiger partial charge >= 0.3 is 0 Å². The molecule has 0 aliphatic heterocycles. The minimum Gasteiger partial charge on any atom is -0.0620 e. The molecular formula is C24H42. The van der Waals surface area contributed by atoms with E-state index >= 15 is 0 Å². The Morgan fingerprint density at radius 3 is 2.29 bits per heavy atom. The standard InChI is InChI=1S/C24H42/c1-18(23(2)13-7-4-8-14-23)17-24(3)15-9-12-21-20-11-6-5-10-19(20)16-22(21)24/h18-22H,4-17H2,1-3H3. The number of rotatable bonds is 3. The summed E-state index contributed by atoms with van der Waals surface area (Å²) in [5.74, 6) is 5.37. The lowest BCUT2D eigenvalue weighted by molar-refractivity contribution is 0.00648. The third-order valence-corrected chi connectivity index (χ3v) is 9.73. The van der Waals surface area contributed by atoms with Crippen molar-refractivity contribution in [1.29, 1.82) is 0 Å². The minimum absolute atomic E-state index is 0.652. The maximum Gasteiger partial charge on any atom is -0.0292 e. The van der Waals surface area contributed by atoms with E-state index in [-0.39, 0.29) is 0 Å². The molecule has 4 rings (SSSR count). The van der Waals surface area contributed by atoms with E-state index in [0.29, 0.717) is 10.8 Å². The summed E-state index contributed by atoms with van der Waals surface area (Å²) >= 11 is 0. The fourth-order valence-electron chi connectivity index (χ4n) is 8.09. The van der Waals surface area contributed by atoms with Crippen LogP contribution in [-0.2, 0) is 0 Å². The summed E-state index contributed by atoms with van der Waals surface area (Å²) in [5, 5.41) is 0. The predicted molar refractivity (Wildman–Crippen MR) is 104 cm³/mol. The van der Waals surface area contributed by atoms with E-state index < -0.39 is 0 Å². The molecule has 0 N–H and O–H groups in total. The molecule has 0 bridgehead atoms. The molecule has 0 amide bonds. The first-order valence-corrected chi connectivity index (χ1v) is 11.5. The molecule has 0 heterocycles. The maximum atomic E-state index is 2.73. The van der Waals surface area contributed by atoms with Crippen molar-refractivity contribution in [3.63, 3.8) is 0 Å². The molecule has 6 atom stereocenters. The van der Waals surface area contributed by atoms with E-state index in [0.717, 1.165) is 29.6 Å². The van der Waals surface area contributed by atoms with Crippen LogP contribution < -0.4 is 0 Å². The molecule has 0 radical (unpaired) electrons. The zero-order valence-corrected chi connectivity index (χ0v) is 16.8. The maximum absolute atomic E-state index is 2.73. The predicted octanol–water partition coefficient (Wildman–Crippen LogP) is 7.62. The molecule has 0 spiro atoms. The zero-order valence-electron chi connectivity index (χ0n) is 16.8. The molecule has 4 fully saturated rings. The highest BCUT2D eigenvalue weighted by Gasteiger charge is 2.53. The normalized spacial score (nSPS) is 46.1. The Bertz CT molecular complexity index is 431. The van der Waals surface area contributed by atoms with Gasteiger partial charge in [-0.2, -0.15) is 0 Å². The van der Waals surface area contributed by atoms with Gasteiger partial charge in [-0.05, 0) is 85.4 Å². The van der Waals surface area contributed by atoms with Gasteiger partial charge < -0.3 is 0 Å². The van der Waals surface area contributed by atoms with Crippen LogP contribution in [0.1, 0.15) is 111 Å². The van der Waals surface area contributed by atoms with Gasteiger partial charge in [0.15, 0.2) is 0 Å². The first-order valence-electron chi connectivity index (χ1n) is 11.5. The van der Waals surface area contributed by atoms with Crippen LogP contribution in [0.25, 0.3) is 0 Å². The van der Waals surface area contributed by atoms with Gasteiger partial charge in [0, 0.05) is 0 Å². The van der Waals surface area contributed by atoms with Crippen LogP contribution in [0.3, 0.4) is 0 Å². The Morgan fingerprint density at radius 2 is 1.50 bits per heavy atom. The van der Waals surface area contributed by atoms with Crippen molar-refractivity contribution in [2.75, 3.05) is 0 Å². The van der Waals surface area contributed by atoms with Crippen molar-refractivity contribution in [2.45, 2.75) is 111 Å². The lowest BCUT2D eigenvalue weighted by Gasteiger charge is -2.49. The molecular weight excluding hydrogens is 288 g/mol. The molecule has 0 aromatic carbocycles. The summed E-state index contributed by atoms with van der Waals surface area (Å²) in [5.41, 5.74) is 1.32. The van der Waals surface area contributed by atoms with Gasteiger partial charge in [-0.15, -0.1) is 0 Å². The van der Waals surface area contributed by atoms with E-state index in [9.17, 15) is 0 Å². The zero-order chi connectivity index (χ0) is 16.8. The van der Waals surface area contributed by atoms with Gasteiger partial charge in [-0.1, -0.05) is 65.7 Å². The second-order valence-electron chi connectivity index (χ2n) is 11.1. The lowest BCUT2D eigenvalue weighted by Crippen LogP contribution is -2.40. The summed E-state index contributed by atoms with van der Waals surface area (Å²) in [4.78, 5) is 0. The number of hydrogen-bond acceptors (Lipinski definition) is 0. The van der Waals surface area contributed by atoms with Crippen LogP contribution in [0.5, 0.6) is 0 Å². The molecule has 0 aromatic heterocycles. The molecule has 0 nitrogen and oxygen atoms in total. The highest BCUT2D eigenvalue weighted by Crippen LogP contribution is 2.62. The lowest BCUT2D eigenvalue weighted by atomic mass is 9.56. The van der Waals surface area contributed by atoms with E-state index in [1.54, 1.807) is 25.7 Å². The van der Waals surface area contributed by atoms with Crippen molar-refractivity contribution in [3.05, 3.63) is 0 Å². The number of fused-ring (bicyclic) bond motifs is 3. The molecule has 4 aliphatic carbocycles. The summed E-state index contributed by atoms with van der Waals surface area (Å²) in [6.45, 7) is 7.99. The summed E-state index contributed by atoms with van der Waals surface area (Å²) in [6, 6.07) is 0. The van der Waals surface area contributed by atoms with Gasteiger partial charge in [0.1, 0.15) is 0 Å². The van der Waals surface area contributed by atoms with Crippen molar-refractivity contribution in [1.82, 2.24) is 0 Å². The van der Waals surface area contributed by atoms with Gasteiger partial charge in [0.2, 0.25) is 0 Å². The van der Waals surface area contributed by atoms with Crippen molar-refractivity contribution >= 4 is 0 Å². The fraction of sp³-hybridized carbons (Fsp3) is 1.00. The summed E-state index contributed by atoms with van der Waals surface area (Å²) < 4.78 is 0. The molecule has 0 heteroatoms. The van der Waals surface area contributed by atoms with Crippen LogP contribution in [0.4, 0.5) is 0 Å². The first-order chi connectivity index (χ1) is 11.5. The van der Waals surface area contributed by atoms with Crippen LogP contribution >= 0.6 is 0 Å². The van der Waals surface area contributed by atoms with Crippen LogP contribution in [0, 0.1) is 40.4 Å². The Kier molecular flexibility index (Phi) is 4.81. The monoisotopic (exact) mass is 330 g/mol. The average Bonchev–Trinajstić information content (AvgIpc) is 2.96. The molecule has 4 aliphatic rings. The minimum atomic E-state index is 0.652. The van der Waals surface area contributed by atoms with Crippen LogP contribution in [0.2, 0.25) is 0 Å². The third kappa shape index (κ3) is 2.99. The topological polar surface area (TPSA) is 0 Å². The Morgan fingerprint density at radius 1 is 0.792 bits per heavy atom. The summed E-state index contributed by atoms with van der Waals surface area (Å²) in [6.07, 6.45) is 21.5. The molecule has 138 valence electrons. The van der Waals surface area contributed by atoms with E-state index in [1.165, 1.54) is 64.2 Å². The average molecular weight is 331 g/mol. The second-order valence-corrected chi connectivity index (χ2v) is 11.1. The molecule has 4 saturated carbocycles. The highest BCUT2D eigenvalue weighted by molar-refractivity contribution is 5.03. The first kappa shape index (κ1) is 17.4. The largest absolute Gasteiger partial charge is 0.0620 e. The summed E-state index contributed by atoms with van der Waals surface area (Å²) in [7, 11) is 0. The van der Waals surface area contributed by atoms with Crippen molar-refractivity contribution in [2.24, 2.45) is 40.4 Å². The van der Waals surface area contributed by atoms with E-state index in [1.807, 2.05) is 0 Å². The highest BCUT2D eigenvalue weighted by atomic mass is 14.6. The quantitative estimate of drug-likeness (QED) is 0.499. The molecule has 24 heavy (non-hydrogen) atoms. The van der Waals surface area contributed by atoms with Crippen LogP contribution in [-0.4, -0.2) is 0 Å². The van der Waals surface area contributed by atoms with Gasteiger partial charge in [0.05, 0.1) is 0 Å². The van der Waals surface area contributed by atoms with Gasteiger partial charge in [0.25, 0.3) is 0 Å². The Hall–Kier alpha value is 0. The third-order valence-electron chi connectivity index (χ3n) is 9.73. The van der Waals surface area contributed by atoms with Crippen molar-refractivity contribution < 1.29 is 0 Å². The van der Waals surface area contributed by atoms with Gasteiger partial charge in [-0.25, -0.2) is 0 Å². The SMILES string of the molecule is CC(CC1(C)CCCC2C3CCCCC3CC21)C1(C)CCCCC1. The fourth-order valence-corrected chi connectivity index (χ4v) is 8.09. The molecule has 0 saturated heterocycles. The van der Waals surface area contributed by atoms with Gasteiger partial charge in [-0.3, -0.25) is 0 Å². The van der Waals surface area contributed by atoms with Crippen LogP contribution in [0.15, 0.2) is 0 Å². The molecule has 0 aromatic rings. The number of hydrogen-bond donors (Lipinski definition) is 0. The van der Waals surface area contributed by atoms with E-state index in [4.69, 9.17) is 0 Å². The smallest absolute Gasteiger partial charge is 0.0292 e. The molecule has 6 unspecified atom stereocenters. The van der Waals surface area contributed by atoms with E-state index in [2.05, 4.69) is 20.8 Å². The Labute approximate surface area is 151 Å². The Balaban J connectivity index is 1.49.